The van der Waals surface area contributed by atoms with Crippen LogP contribution in [0, 0.1) is 5.92 Å². The molecule has 0 radical (unpaired) electrons. The van der Waals surface area contributed by atoms with E-state index in [-0.39, 0.29) is 17.1 Å². The lowest BCUT2D eigenvalue weighted by molar-refractivity contribution is -0.115. The average Bonchev–Trinajstić information content (AvgIpc) is 3.35. The van der Waals surface area contributed by atoms with Gasteiger partial charge in [-0.15, -0.1) is 11.8 Å². The molecule has 1 aromatic rings. The number of amides is 2. The van der Waals surface area contributed by atoms with Gasteiger partial charge in [-0.3, -0.25) is 9.59 Å². The molecule has 1 aliphatic heterocycles. The molecule has 0 bridgehead atoms. The first-order valence-corrected chi connectivity index (χ1v) is 8.99. The highest BCUT2D eigenvalue weighted by atomic mass is 32.2. The second kappa shape index (κ2) is 7.36. The summed E-state index contributed by atoms with van der Waals surface area (Å²) in [6, 6.07) is 5.43. The number of carbonyl (C=O) groups excluding carboxylic acids is 2. The van der Waals surface area contributed by atoms with Crippen molar-refractivity contribution in [2.75, 3.05) is 25.1 Å². The highest BCUT2D eigenvalue weighted by Crippen LogP contribution is 2.35. The molecule has 23 heavy (non-hydrogen) atoms. The Hall–Kier alpha value is -1.53. The van der Waals surface area contributed by atoms with Gasteiger partial charge in [-0.1, -0.05) is 0 Å². The van der Waals surface area contributed by atoms with Crippen molar-refractivity contribution >= 4 is 29.3 Å². The topological polar surface area (TPSA) is 67.4 Å². The first kappa shape index (κ1) is 16.3. The molecule has 3 rings (SSSR count). The molecule has 5 nitrogen and oxygen atoms in total. The summed E-state index contributed by atoms with van der Waals surface area (Å²) in [7, 11) is 0. The second-order valence-corrected chi connectivity index (χ2v) is 7.47. The molecule has 2 amide bonds. The summed E-state index contributed by atoms with van der Waals surface area (Å²) >= 11 is 1.51. The van der Waals surface area contributed by atoms with E-state index >= 15 is 0 Å². The molecule has 1 heterocycles. The van der Waals surface area contributed by atoms with Crippen LogP contribution in [0.3, 0.4) is 0 Å². The van der Waals surface area contributed by atoms with Gasteiger partial charge in [-0.25, -0.2) is 0 Å². The Morgan fingerprint density at radius 2 is 2.26 bits per heavy atom. The fourth-order valence-corrected chi connectivity index (χ4v) is 3.29. The quantitative estimate of drug-likeness (QED) is 0.752. The Balaban J connectivity index is 1.45. The maximum Gasteiger partial charge on any atom is 0.251 e. The van der Waals surface area contributed by atoms with Gasteiger partial charge < -0.3 is 15.4 Å². The Labute approximate surface area is 140 Å². The lowest BCUT2D eigenvalue weighted by atomic mass is 10.1. The standard InChI is InChI=1S/C17H22N2O3S/c1-11-16(20)19-14-9-13(5-6-15(14)23-11)17(21)18-7-2-8-22-10-12-3-4-12/h5-6,9,11-12H,2-4,7-8,10H2,1H3,(H,18,21)(H,19,20). The van der Waals surface area contributed by atoms with Crippen molar-refractivity contribution in [2.45, 2.75) is 36.3 Å². The number of rotatable bonds is 7. The van der Waals surface area contributed by atoms with Crippen LogP contribution in [0.4, 0.5) is 5.69 Å². The van der Waals surface area contributed by atoms with Gasteiger partial charge in [-0.2, -0.15) is 0 Å². The Morgan fingerprint density at radius 3 is 3.04 bits per heavy atom. The molecule has 2 N–H and O–H groups in total. The van der Waals surface area contributed by atoms with E-state index in [0.717, 1.165) is 29.5 Å². The molecular formula is C17H22N2O3S. The zero-order valence-electron chi connectivity index (χ0n) is 13.3. The molecule has 124 valence electrons. The molecule has 1 unspecified atom stereocenters. The predicted molar refractivity (Wildman–Crippen MR) is 90.9 cm³/mol. The van der Waals surface area contributed by atoms with Crippen molar-refractivity contribution in [3.05, 3.63) is 23.8 Å². The Bertz CT molecular complexity index is 602. The number of hydrogen-bond donors (Lipinski definition) is 2. The highest BCUT2D eigenvalue weighted by molar-refractivity contribution is 8.00. The minimum absolute atomic E-state index is 0.0205. The molecule has 2 aliphatic rings. The van der Waals surface area contributed by atoms with Crippen LogP contribution in [0.25, 0.3) is 0 Å². The summed E-state index contributed by atoms with van der Waals surface area (Å²) in [5.41, 5.74) is 1.29. The highest BCUT2D eigenvalue weighted by Gasteiger charge is 2.23. The first-order valence-electron chi connectivity index (χ1n) is 8.11. The average molecular weight is 334 g/mol. The van der Waals surface area contributed by atoms with E-state index in [9.17, 15) is 9.59 Å². The van der Waals surface area contributed by atoms with Crippen LogP contribution >= 0.6 is 11.8 Å². The smallest absolute Gasteiger partial charge is 0.251 e. The van der Waals surface area contributed by atoms with Crippen molar-refractivity contribution in [1.29, 1.82) is 0 Å². The normalized spacial score (nSPS) is 19.9. The van der Waals surface area contributed by atoms with E-state index in [1.54, 1.807) is 12.1 Å². The summed E-state index contributed by atoms with van der Waals surface area (Å²) in [6.45, 7) is 4.01. The zero-order valence-corrected chi connectivity index (χ0v) is 14.1. The van der Waals surface area contributed by atoms with Gasteiger partial charge in [0.15, 0.2) is 0 Å². The molecule has 1 atom stereocenters. The van der Waals surface area contributed by atoms with Gasteiger partial charge in [0.1, 0.15) is 0 Å². The molecule has 0 aromatic heterocycles. The summed E-state index contributed by atoms with van der Waals surface area (Å²) in [5, 5.41) is 5.64. The summed E-state index contributed by atoms with van der Waals surface area (Å²) < 4.78 is 5.54. The lowest BCUT2D eigenvalue weighted by Crippen LogP contribution is -2.28. The van der Waals surface area contributed by atoms with Crippen molar-refractivity contribution in [1.82, 2.24) is 5.32 Å². The van der Waals surface area contributed by atoms with Crippen LogP contribution < -0.4 is 10.6 Å². The minimum atomic E-state index is -0.118. The van der Waals surface area contributed by atoms with Gasteiger partial charge in [-0.05, 0) is 50.3 Å². The fourth-order valence-electron chi connectivity index (χ4n) is 2.36. The number of hydrogen-bond acceptors (Lipinski definition) is 4. The lowest BCUT2D eigenvalue weighted by Gasteiger charge is -2.21. The van der Waals surface area contributed by atoms with Crippen LogP contribution in [0.2, 0.25) is 0 Å². The van der Waals surface area contributed by atoms with Crippen molar-refractivity contribution in [3.8, 4) is 0 Å². The predicted octanol–water partition coefficient (Wildman–Crippen LogP) is 2.67. The third-order valence-electron chi connectivity index (χ3n) is 3.97. The third kappa shape index (κ3) is 4.48. The van der Waals surface area contributed by atoms with E-state index in [1.165, 1.54) is 24.6 Å². The molecule has 0 spiro atoms. The number of anilines is 1. The third-order valence-corrected chi connectivity index (χ3v) is 5.15. The maximum atomic E-state index is 12.2. The number of benzene rings is 1. The van der Waals surface area contributed by atoms with Crippen LogP contribution in [0.1, 0.15) is 36.5 Å². The number of thioether (sulfide) groups is 1. The van der Waals surface area contributed by atoms with Crippen LogP contribution in [0.5, 0.6) is 0 Å². The van der Waals surface area contributed by atoms with Gasteiger partial charge in [0.2, 0.25) is 5.91 Å². The van der Waals surface area contributed by atoms with E-state index in [0.29, 0.717) is 18.7 Å². The van der Waals surface area contributed by atoms with Crippen LogP contribution in [0.15, 0.2) is 23.1 Å². The maximum absolute atomic E-state index is 12.2. The summed E-state index contributed by atoms with van der Waals surface area (Å²) in [5.74, 6) is 0.636. The van der Waals surface area contributed by atoms with Gasteiger partial charge >= 0.3 is 0 Å². The number of fused-ring (bicyclic) bond motifs is 1. The molecule has 1 saturated carbocycles. The van der Waals surface area contributed by atoms with Crippen molar-refractivity contribution in [2.24, 2.45) is 5.92 Å². The van der Waals surface area contributed by atoms with Gasteiger partial charge in [0.25, 0.3) is 5.91 Å². The minimum Gasteiger partial charge on any atom is -0.381 e. The SMILES string of the molecule is CC1Sc2ccc(C(=O)NCCCOCC3CC3)cc2NC1=O. The van der Waals surface area contributed by atoms with Crippen molar-refractivity contribution in [3.63, 3.8) is 0 Å². The first-order chi connectivity index (χ1) is 11.1. The van der Waals surface area contributed by atoms with Gasteiger partial charge in [0.05, 0.1) is 10.9 Å². The monoisotopic (exact) mass is 334 g/mol. The molecule has 1 aliphatic carbocycles. The van der Waals surface area contributed by atoms with E-state index < -0.39 is 0 Å². The fraction of sp³-hybridized carbons (Fsp3) is 0.529. The zero-order chi connectivity index (χ0) is 16.2. The van der Waals surface area contributed by atoms with Crippen LogP contribution in [-0.4, -0.2) is 36.8 Å². The number of ether oxygens (including phenoxy) is 1. The Morgan fingerprint density at radius 1 is 1.43 bits per heavy atom. The van der Waals surface area contributed by atoms with E-state index in [4.69, 9.17) is 4.74 Å². The second-order valence-electron chi connectivity index (χ2n) is 6.09. The summed E-state index contributed by atoms with van der Waals surface area (Å²) in [6.07, 6.45) is 3.40. The summed E-state index contributed by atoms with van der Waals surface area (Å²) in [4.78, 5) is 24.9. The number of carbonyl (C=O) groups is 2. The van der Waals surface area contributed by atoms with Gasteiger partial charge in [0, 0.05) is 30.2 Å². The largest absolute Gasteiger partial charge is 0.381 e. The van der Waals surface area contributed by atoms with E-state index in [2.05, 4.69) is 10.6 Å². The molecular weight excluding hydrogens is 312 g/mol. The molecule has 1 fully saturated rings. The number of nitrogens with one attached hydrogen (secondary N) is 2. The molecule has 0 saturated heterocycles. The van der Waals surface area contributed by atoms with E-state index in [1.807, 2.05) is 13.0 Å². The molecule has 6 heteroatoms. The molecule has 1 aromatic carbocycles. The van der Waals surface area contributed by atoms with Crippen molar-refractivity contribution < 1.29 is 14.3 Å². The Kier molecular flexibility index (Phi) is 5.23. The van der Waals surface area contributed by atoms with Crippen LogP contribution in [-0.2, 0) is 9.53 Å².